The first-order valence-electron chi connectivity index (χ1n) is 19.3. The molecule has 0 saturated carbocycles. The molecule has 0 spiro atoms. The maximum atomic E-state index is 16.4. The smallest absolute Gasteiger partial charge is 0.324 e. The number of halogens is 28. The molecule has 36 heteroatoms. The third kappa shape index (κ3) is 8.32. The molecule has 4 aromatic carbocycles. The van der Waals surface area contributed by atoms with E-state index in [1.165, 1.54) is 0 Å². The van der Waals surface area contributed by atoms with E-state index < -0.39 is 231 Å². The van der Waals surface area contributed by atoms with Crippen LogP contribution in [0.5, 0.6) is 0 Å². The Kier molecular flexibility index (Phi) is 11.1. The zero-order valence-corrected chi connectivity index (χ0v) is 34.6. The second kappa shape index (κ2) is 15.9. The fraction of sp³-hybridized carbons (Fsp3) is 0.200. The lowest BCUT2D eigenvalue weighted by molar-refractivity contribution is -0.163. The van der Waals surface area contributed by atoms with Crippen LogP contribution >= 0.6 is 0 Å². The van der Waals surface area contributed by atoms with Crippen LogP contribution in [-0.4, -0.2) is 39.9 Å². The predicted octanol–water partition coefficient (Wildman–Crippen LogP) is 15.6. The molecule has 3 aromatic heterocycles. The minimum absolute atomic E-state index is 0.670. The summed E-state index contributed by atoms with van der Waals surface area (Å²) in [6, 6.07) is -2.71. The number of rotatable bonds is 0. The van der Waals surface area contributed by atoms with E-state index in [4.69, 9.17) is 0 Å². The second-order valence-corrected chi connectivity index (χ2v) is 15.7. The maximum absolute atomic E-state index is 16.4. The molecule has 76 heavy (non-hydrogen) atoms. The number of hydrogen-bond acceptors (Lipinski definition) is 6. The fourth-order valence-electron chi connectivity index (χ4n) is 8.25. The summed E-state index contributed by atoms with van der Waals surface area (Å²) in [5.74, 6) is -20.0. The first-order chi connectivity index (χ1) is 34.4. The highest BCUT2D eigenvalue weighted by Gasteiger charge is 2.52. The Morgan fingerprint density at radius 2 is 0.526 bits per heavy atom. The van der Waals surface area contributed by atoms with E-state index in [0.717, 1.165) is 0 Å². The Labute approximate surface area is 394 Å². The third-order valence-corrected chi connectivity index (χ3v) is 11.1. The third-order valence-electron chi connectivity index (χ3n) is 11.1. The van der Waals surface area contributed by atoms with Crippen molar-refractivity contribution < 1.29 is 123 Å². The molecule has 2 N–H and O–H groups in total. The minimum Gasteiger partial charge on any atom is -0.324 e. The summed E-state index contributed by atoms with van der Waals surface area (Å²) in [6.45, 7) is 0. The molecule has 9 rings (SSSR count). The Morgan fingerprint density at radius 1 is 0.276 bits per heavy atom. The van der Waals surface area contributed by atoms with Gasteiger partial charge in [-0.15, -0.1) is 0 Å². The lowest BCUT2D eigenvalue weighted by atomic mass is 9.96. The standard InChI is InChI=1S/C40H6F28N8/c41-21-13-5(1-9(33(45,46)47)17(21)37(57,58)59)25-69-29(13)74-26-7-3-11(35(51,52)53)19(39(63,64)65)23(43)15(7)31(71-26)76-28-8-4-12(36(54,55)56)20(40(66,67)68)24(44)16(8)32(72-28)75-27-6-2-10(34(48,49)50)18(38(60,61)62)22(42)14(6)30(70-27)73-25/h1-4H,(H2,69,70,71,72,73,74,75,76). The zero-order chi connectivity index (χ0) is 56.7. The number of hydrogen-bond donors (Lipinski definition) is 2. The van der Waals surface area contributed by atoms with Gasteiger partial charge in [0.25, 0.3) is 0 Å². The van der Waals surface area contributed by atoms with Gasteiger partial charge in [-0.25, -0.2) is 47.5 Å². The van der Waals surface area contributed by atoms with Gasteiger partial charge in [0.1, 0.15) is 68.1 Å². The monoisotopic (exact) mass is 1130 g/mol. The quantitative estimate of drug-likeness (QED) is 0.146. The van der Waals surface area contributed by atoms with Gasteiger partial charge >= 0.3 is 49.4 Å². The summed E-state index contributed by atoms with van der Waals surface area (Å²) >= 11 is 0. The molecule has 0 aliphatic carbocycles. The van der Waals surface area contributed by atoms with Crippen LogP contribution in [0.4, 0.5) is 123 Å². The van der Waals surface area contributed by atoms with E-state index in [1.807, 2.05) is 0 Å². The normalized spacial score (nSPS) is 14.1. The minimum atomic E-state index is -6.45. The SMILES string of the molecule is Fc1c2c(cc(C(F)(F)F)c1C(F)(F)F)-c1nc-2nc2[nH]c(nc3nc(nc4[nH]c(n1)c1c(F)c(C(F)(F)F)c(C(F)(F)F)cc41)-c1c-3cc(C(F)(F)F)c(C(F)(F)F)c1F)c1c(F)c(C(F)(F)F)c(C(F)(F)F)cc21. The van der Waals surface area contributed by atoms with E-state index in [1.54, 1.807) is 9.97 Å². The number of fused-ring (bicyclic) bond motifs is 20. The second-order valence-electron chi connectivity index (χ2n) is 15.7. The molecule has 2 aliphatic heterocycles. The summed E-state index contributed by atoms with van der Waals surface area (Å²) in [5, 5.41) is -7.53. The highest BCUT2D eigenvalue weighted by molar-refractivity contribution is 6.08. The molecule has 402 valence electrons. The number of nitrogens with zero attached hydrogens (tertiary/aromatic N) is 6. The number of nitrogens with one attached hydrogen (secondary N) is 2. The molecule has 7 aromatic rings. The Morgan fingerprint density at radius 3 is 0.789 bits per heavy atom. The molecule has 0 amide bonds. The van der Waals surface area contributed by atoms with Crippen LogP contribution in [0.2, 0.25) is 0 Å². The predicted molar refractivity (Wildman–Crippen MR) is 196 cm³/mol. The molecule has 8 bridgehead atoms. The molecule has 0 radical (unpaired) electrons. The van der Waals surface area contributed by atoms with E-state index in [0.29, 0.717) is 0 Å². The van der Waals surface area contributed by atoms with Crippen LogP contribution in [0.3, 0.4) is 0 Å². The summed E-state index contributed by atoms with van der Waals surface area (Å²) in [7, 11) is 0. The van der Waals surface area contributed by atoms with Crippen molar-refractivity contribution in [1.82, 2.24) is 39.9 Å². The highest BCUT2D eigenvalue weighted by atomic mass is 19.4. The molecule has 8 nitrogen and oxygen atoms in total. The van der Waals surface area contributed by atoms with Gasteiger partial charge in [-0.3, -0.25) is 0 Å². The average molecular weight is 1130 g/mol. The van der Waals surface area contributed by atoms with Crippen molar-refractivity contribution in [3.63, 3.8) is 0 Å². The van der Waals surface area contributed by atoms with Crippen molar-refractivity contribution in [3.8, 4) is 45.6 Å². The fourth-order valence-corrected chi connectivity index (χ4v) is 8.25. The molecule has 2 aliphatic rings. The van der Waals surface area contributed by atoms with Crippen molar-refractivity contribution >= 4 is 44.1 Å². The lowest BCUT2D eigenvalue weighted by Crippen LogP contribution is -2.19. The van der Waals surface area contributed by atoms with E-state index in [2.05, 4.69) is 29.9 Å². The van der Waals surface area contributed by atoms with Gasteiger partial charge in [0.2, 0.25) is 0 Å². The van der Waals surface area contributed by atoms with Crippen molar-refractivity contribution in [2.75, 3.05) is 0 Å². The van der Waals surface area contributed by atoms with E-state index >= 15 is 17.6 Å². The molecule has 0 saturated heterocycles. The van der Waals surface area contributed by atoms with Gasteiger partial charge in [0, 0.05) is 21.9 Å². The molecule has 0 atom stereocenters. The highest BCUT2D eigenvalue weighted by Crippen LogP contribution is 2.53. The molecule has 0 unspecified atom stereocenters. The molecule has 0 fully saturated rings. The summed E-state index contributed by atoms with van der Waals surface area (Å²) in [4.78, 5) is 23.4. The summed E-state index contributed by atoms with van der Waals surface area (Å²) in [5.41, 5.74) is -40.1. The van der Waals surface area contributed by atoms with Crippen molar-refractivity contribution in [3.05, 3.63) is 92.0 Å². The van der Waals surface area contributed by atoms with Gasteiger partial charge in [-0.1, -0.05) is 0 Å². The van der Waals surface area contributed by atoms with Crippen LogP contribution in [0.1, 0.15) is 44.5 Å². The summed E-state index contributed by atoms with van der Waals surface area (Å²) in [6.07, 6.45) is -51.1. The van der Waals surface area contributed by atoms with Gasteiger partial charge in [0.05, 0.1) is 44.2 Å². The first kappa shape index (κ1) is 53.1. The Bertz CT molecular complexity index is 3610. The number of aromatic nitrogens is 8. The van der Waals surface area contributed by atoms with Crippen molar-refractivity contribution in [2.45, 2.75) is 49.4 Å². The largest absolute Gasteiger partial charge is 0.419 e. The zero-order valence-electron chi connectivity index (χ0n) is 34.6. The van der Waals surface area contributed by atoms with Crippen molar-refractivity contribution in [2.24, 2.45) is 0 Å². The van der Waals surface area contributed by atoms with Gasteiger partial charge in [-0.05, 0) is 24.3 Å². The number of alkyl halides is 24. The van der Waals surface area contributed by atoms with E-state index in [9.17, 15) is 105 Å². The molecule has 5 heterocycles. The Hall–Kier alpha value is -7.72. The van der Waals surface area contributed by atoms with Crippen LogP contribution < -0.4 is 0 Å². The molecular formula is C40H6F28N8. The van der Waals surface area contributed by atoms with E-state index in [-0.39, 0.29) is 0 Å². The Balaban J connectivity index is 1.63. The lowest BCUT2D eigenvalue weighted by Gasteiger charge is -2.18. The first-order valence-corrected chi connectivity index (χ1v) is 19.3. The van der Waals surface area contributed by atoms with Gasteiger partial charge in [0.15, 0.2) is 23.3 Å². The van der Waals surface area contributed by atoms with Crippen LogP contribution in [0.25, 0.3) is 89.7 Å². The maximum Gasteiger partial charge on any atom is 0.419 e. The van der Waals surface area contributed by atoms with Crippen molar-refractivity contribution in [1.29, 1.82) is 0 Å². The molecular weight excluding hydrogens is 1120 g/mol. The topological polar surface area (TPSA) is 109 Å². The van der Waals surface area contributed by atoms with Crippen LogP contribution in [0.15, 0.2) is 24.3 Å². The van der Waals surface area contributed by atoms with Crippen LogP contribution in [-0.2, 0) is 49.4 Å². The average Bonchev–Trinajstić information content (AvgIpc) is 3.95. The van der Waals surface area contributed by atoms with Crippen LogP contribution in [0, 0.1) is 23.3 Å². The number of H-pyrrole nitrogens is 2. The van der Waals surface area contributed by atoms with Gasteiger partial charge in [-0.2, -0.15) is 105 Å². The number of aromatic amines is 2. The summed E-state index contributed by atoms with van der Waals surface area (Å²) < 4.78 is 410. The van der Waals surface area contributed by atoms with Gasteiger partial charge < -0.3 is 9.97 Å². The number of benzene rings is 4.